The molecule has 0 aliphatic carbocycles. The first-order chi connectivity index (χ1) is 8.40. The summed E-state index contributed by atoms with van der Waals surface area (Å²) in [7, 11) is 0. The zero-order valence-corrected chi connectivity index (χ0v) is 10.2. The van der Waals surface area contributed by atoms with Gasteiger partial charge in [-0.1, -0.05) is 0 Å². The summed E-state index contributed by atoms with van der Waals surface area (Å²) in [5.74, 6) is 1.53. The molecule has 0 N–H and O–H groups in total. The van der Waals surface area contributed by atoms with Crippen molar-refractivity contribution in [1.29, 1.82) is 0 Å². The molecule has 1 aliphatic heterocycles. The lowest BCUT2D eigenvalue weighted by Gasteiger charge is -2.35. The van der Waals surface area contributed by atoms with Crippen LogP contribution in [0.25, 0.3) is 5.65 Å². The molecule has 2 aromatic heterocycles. The molecule has 1 unspecified atom stereocenters. The Morgan fingerprint density at radius 1 is 1.41 bits per heavy atom. The lowest BCUT2D eigenvalue weighted by atomic mass is 10.0. The van der Waals surface area contributed by atoms with Gasteiger partial charge >= 0.3 is 0 Å². The minimum Gasteiger partial charge on any atom is -0.349 e. The number of rotatable bonds is 2. The molecule has 0 bridgehead atoms. The van der Waals surface area contributed by atoms with Gasteiger partial charge in [-0.05, 0) is 19.3 Å². The summed E-state index contributed by atoms with van der Waals surface area (Å²) in [5, 5.41) is 8.05. The molecule has 2 aromatic rings. The molecule has 3 rings (SSSR count). The summed E-state index contributed by atoms with van der Waals surface area (Å²) in [6.07, 6.45) is 8.89. The van der Waals surface area contributed by atoms with Crippen LogP contribution < -0.4 is 4.90 Å². The third-order valence-electron chi connectivity index (χ3n) is 3.27. The molecule has 1 aliphatic rings. The van der Waals surface area contributed by atoms with Crippen LogP contribution in [0.5, 0.6) is 0 Å². The molecule has 0 amide bonds. The fourth-order valence-corrected chi connectivity index (χ4v) is 2.71. The van der Waals surface area contributed by atoms with E-state index in [1.807, 2.05) is 10.6 Å². The van der Waals surface area contributed by atoms with Gasteiger partial charge in [0.1, 0.15) is 6.33 Å². The van der Waals surface area contributed by atoms with E-state index >= 15 is 0 Å². The van der Waals surface area contributed by atoms with E-state index < -0.39 is 0 Å². The number of aromatic nitrogens is 4. The number of fused-ring (bicyclic) bond motifs is 1. The molecule has 5 nitrogen and oxygen atoms in total. The highest BCUT2D eigenvalue weighted by Gasteiger charge is 2.24. The van der Waals surface area contributed by atoms with Gasteiger partial charge in [-0.3, -0.25) is 4.40 Å². The lowest BCUT2D eigenvalue weighted by molar-refractivity contribution is 0.485. The maximum absolute atomic E-state index is 6.04. The van der Waals surface area contributed by atoms with E-state index in [0.29, 0.717) is 11.9 Å². The predicted molar refractivity (Wildman–Crippen MR) is 66.5 cm³/mol. The molecule has 0 spiro atoms. The normalized spacial score (nSPS) is 21.0. The molecule has 90 valence electrons. The number of hydrogen-bond acceptors (Lipinski definition) is 4. The summed E-state index contributed by atoms with van der Waals surface area (Å²) in [5.41, 5.74) is 0.810. The second-order valence-corrected chi connectivity index (χ2v) is 4.62. The third-order valence-corrected chi connectivity index (χ3v) is 3.63. The highest BCUT2D eigenvalue weighted by molar-refractivity contribution is 6.18. The van der Waals surface area contributed by atoms with Gasteiger partial charge in [0, 0.05) is 30.9 Å². The van der Waals surface area contributed by atoms with Crippen LogP contribution >= 0.6 is 11.6 Å². The van der Waals surface area contributed by atoms with Crippen LogP contribution in [0, 0.1) is 0 Å². The number of piperidine rings is 1. The Labute approximate surface area is 104 Å². The van der Waals surface area contributed by atoms with E-state index in [1.54, 1.807) is 12.5 Å². The van der Waals surface area contributed by atoms with Gasteiger partial charge in [0.15, 0.2) is 5.82 Å². The molecule has 1 fully saturated rings. The van der Waals surface area contributed by atoms with E-state index in [0.717, 1.165) is 24.4 Å². The largest absolute Gasteiger partial charge is 0.349 e. The van der Waals surface area contributed by atoms with E-state index in [9.17, 15) is 0 Å². The lowest BCUT2D eigenvalue weighted by Crippen LogP contribution is -2.41. The Kier molecular flexibility index (Phi) is 2.84. The number of nitrogens with zero attached hydrogens (tertiary/aromatic N) is 5. The van der Waals surface area contributed by atoms with Crippen LogP contribution in [0.2, 0.25) is 0 Å². The Balaban J connectivity index is 2.04. The second kappa shape index (κ2) is 4.49. The van der Waals surface area contributed by atoms with Crippen LogP contribution in [0.3, 0.4) is 0 Å². The Morgan fingerprint density at radius 2 is 2.35 bits per heavy atom. The van der Waals surface area contributed by atoms with Crippen molar-refractivity contribution in [1.82, 2.24) is 19.6 Å². The van der Waals surface area contributed by atoms with E-state index in [-0.39, 0.29) is 0 Å². The summed E-state index contributed by atoms with van der Waals surface area (Å²) in [4.78, 5) is 6.71. The third kappa shape index (κ3) is 1.84. The van der Waals surface area contributed by atoms with Gasteiger partial charge < -0.3 is 4.90 Å². The maximum Gasteiger partial charge on any atom is 0.203 e. The van der Waals surface area contributed by atoms with Gasteiger partial charge in [-0.2, -0.15) is 0 Å². The minimum absolute atomic E-state index is 0.362. The molecule has 0 radical (unpaired) electrons. The van der Waals surface area contributed by atoms with Crippen LogP contribution in [0.4, 0.5) is 5.82 Å². The smallest absolute Gasteiger partial charge is 0.203 e. The quantitative estimate of drug-likeness (QED) is 0.763. The van der Waals surface area contributed by atoms with Crippen LogP contribution in [0.1, 0.15) is 19.3 Å². The molecule has 6 heteroatoms. The number of halogens is 1. The first-order valence-corrected chi connectivity index (χ1v) is 6.40. The first kappa shape index (κ1) is 10.8. The molecular weight excluding hydrogens is 238 g/mol. The van der Waals surface area contributed by atoms with Crippen molar-refractivity contribution in [3.63, 3.8) is 0 Å². The highest BCUT2D eigenvalue weighted by atomic mass is 35.5. The van der Waals surface area contributed by atoms with Crippen molar-refractivity contribution in [3.8, 4) is 0 Å². The van der Waals surface area contributed by atoms with Crippen LogP contribution in [-0.4, -0.2) is 38.0 Å². The molecule has 1 atom stereocenters. The molecular formula is C11H14ClN5. The zero-order chi connectivity index (χ0) is 11.7. The summed E-state index contributed by atoms with van der Waals surface area (Å²) < 4.78 is 1.89. The molecule has 17 heavy (non-hydrogen) atoms. The monoisotopic (exact) mass is 251 g/mol. The second-order valence-electron chi connectivity index (χ2n) is 4.31. The van der Waals surface area contributed by atoms with Crippen molar-refractivity contribution >= 4 is 23.1 Å². The van der Waals surface area contributed by atoms with Gasteiger partial charge in [-0.25, -0.2) is 4.98 Å². The molecule has 1 saturated heterocycles. The van der Waals surface area contributed by atoms with Crippen molar-refractivity contribution in [2.45, 2.75) is 25.3 Å². The van der Waals surface area contributed by atoms with Crippen molar-refractivity contribution < 1.29 is 0 Å². The standard InChI is InChI=1S/C11H14ClN5/c12-7-9-3-1-2-5-17(9)10-11-15-14-8-16(11)6-4-13-10/h4,6,8-9H,1-3,5,7H2. The molecule has 0 saturated carbocycles. The molecule has 0 aromatic carbocycles. The fourth-order valence-electron chi connectivity index (χ4n) is 2.39. The number of hydrogen-bond donors (Lipinski definition) is 0. The average Bonchev–Trinajstić information content (AvgIpc) is 2.86. The van der Waals surface area contributed by atoms with Gasteiger partial charge in [0.25, 0.3) is 0 Å². The summed E-state index contributed by atoms with van der Waals surface area (Å²) in [6, 6.07) is 0.362. The SMILES string of the molecule is ClCC1CCCCN1c1nccn2cnnc12. The van der Waals surface area contributed by atoms with Crippen LogP contribution in [0.15, 0.2) is 18.7 Å². The van der Waals surface area contributed by atoms with Gasteiger partial charge in [0.2, 0.25) is 5.65 Å². The average molecular weight is 252 g/mol. The number of alkyl halides is 1. The van der Waals surface area contributed by atoms with E-state index in [1.165, 1.54) is 12.8 Å². The Morgan fingerprint density at radius 3 is 3.24 bits per heavy atom. The van der Waals surface area contributed by atoms with Crippen molar-refractivity contribution in [2.24, 2.45) is 0 Å². The van der Waals surface area contributed by atoms with E-state index in [4.69, 9.17) is 11.6 Å². The van der Waals surface area contributed by atoms with E-state index in [2.05, 4.69) is 20.1 Å². The minimum atomic E-state index is 0.362. The maximum atomic E-state index is 6.04. The van der Waals surface area contributed by atoms with Crippen molar-refractivity contribution in [2.75, 3.05) is 17.3 Å². The Bertz CT molecular complexity index is 511. The molecule has 3 heterocycles. The Hall–Kier alpha value is -1.36. The van der Waals surface area contributed by atoms with Gasteiger partial charge in [-0.15, -0.1) is 21.8 Å². The summed E-state index contributed by atoms with van der Waals surface area (Å²) >= 11 is 6.04. The topological polar surface area (TPSA) is 46.3 Å². The van der Waals surface area contributed by atoms with Gasteiger partial charge in [0.05, 0.1) is 0 Å². The van der Waals surface area contributed by atoms with Crippen LogP contribution in [-0.2, 0) is 0 Å². The highest BCUT2D eigenvalue weighted by Crippen LogP contribution is 2.26. The zero-order valence-electron chi connectivity index (χ0n) is 9.46. The van der Waals surface area contributed by atoms with Crippen molar-refractivity contribution in [3.05, 3.63) is 18.7 Å². The first-order valence-electron chi connectivity index (χ1n) is 5.87. The predicted octanol–water partition coefficient (Wildman–Crippen LogP) is 1.72. The fraction of sp³-hybridized carbons (Fsp3) is 0.545. The number of anilines is 1. The summed E-state index contributed by atoms with van der Waals surface area (Å²) in [6.45, 7) is 0.997.